The fourth-order valence-corrected chi connectivity index (χ4v) is 2.26. The number of rotatable bonds is 5. The van der Waals surface area contributed by atoms with Gasteiger partial charge in [0, 0.05) is 12.2 Å². The Morgan fingerprint density at radius 2 is 1.70 bits per heavy atom. The van der Waals surface area contributed by atoms with Crippen molar-refractivity contribution in [1.29, 1.82) is 0 Å². The van der Waals surface area contributed by atoms with Gasteiger partial charge in [-0.3, -0.25) is 4.79 Å². The Morgan fingerprint density at radius 3 is 2.30 bits per heavy atom. The fraction of sp³-hybridized carbons (Fsp3) is 0.235. The van der Waals surface area contributed by atoms with Crippen molar-refractivity contribution in [2.45, 2.75) is 20.4 Å². The largest absolute Gasteiger partial charge is 0.480 e. The van der Waals surface area contributed by atoms with Crippen LogP contribution in [0.1, 0.15) is 16.7 Å². The Bertz CT molecular complexity index is 607. The monoisotopic (exact) mass is 269 g/mol. The normalized spacial score (nSPS) is 10.3. The molecule has 0 unspecified atom stereocenters. The molecule has 0 aromatic heterocycles. The average molecular weight is 269 g/mol. The molecule has 3 heteroatoms. The van der Waals surface area contributed by atoms with E-state index >= 15 is 0 Å². The van der Waals surface area contributed by atoms with Crippen molar-refractivity contribution in [3.63, 3.8) is 0 Å². The van der Waals surface area contributed by atoms with E-state index in [-0.39, 0.29) is 6.54 Å². The zero-order chi connectivity index (χ0) is 14.5. The van der Waals surface area contributed by atoms with Crippen LogP contribution in [0.2, 0.25) is 0 Å². The topological polar surface area (TPSA) is 40.5 Å². The molecule has 0 aliphatic heterocycles. The number of aliphatic carboxylic acids is 1. The first-order valence-electron chi connectivity index (χ1n) is 6.63. The number of hydrogen-bond donors (Lipinski definition) is 1. The minimum atomic E-state index is -0.820. The lowest BCUT2D eigenvalue weighted by Crippen LogP contribution is -2.29. The molecule has 0 fully saturated rings. The Hall–Kier alpha value is -2.29. The van der Waals surface area contributed by atoms with Gasteiger partial charge in [0.2, 0.25) is 0 Å². The Morgan fingerprint density at radius 1 is 1.05 bits per heavy atom. The highest BCUT2D eigenvalue weighted by Gasteiger charge is 2.11. The van der Waals surface area contributed by atoms with Crippen LogP contribution in [0.15, 0.2) is 48.5 Å². The predicted molar refractivity (Wildman–Crippen MR) is 81.0 cm³/mol. The second-order valence-electron chi connectivity index (χ2n) is 5.08. The van der Waals surface area contributed by atoms with E-state index in [1.165, 1.54) is 5.56 Å². The second-order valence-corrected chi connectivity index (χ2v) is 5.08. The molecule has 0 saturated heterocycles. The maximum absolute atomic E-state index is 11.1. The summed E-state index contributed by atoms with van der Waals surface area (Å²) in [6.45, 7) is 4.64. The van der Waals surface area contributed by atoms with Gasteiger partial charge in [0.05, 0.1) is 0 Å². The highest BCUT2D eigenvalue weighted by Crippen LogP contribution is 2.19. The van der Waals surface area contributed by atoms with Gasteiger partial charge in [-0.1, -0.05) is 42.0 Å². The number of anilines is 1. The van der Waals surface area contributed by atoms with Crippen LogP contribution in [0.5, 0.6) is 0 Å². The van der Waals surface area contributed by atoms with E-state index in [1.807, 2.05) is 61.2 Å². The average Bonchev–Trinajstić information content (AvgIpc) is 2.37. The molecule has 0 atom stereocenters. The molecular weight excluding hydrogens is 250 g/mol. The highest BCUT2D eigenvalue weighted by molar-refractivity contribution is 5.73. The summed E-state index contributed by atoms with van der Waals surface area (Å²) in [6.07, 6.45) is 0. The van der Waals surface area contributed by atoms with Crippen LogP contribution in [0.4, 0.5) is 5.69 Å². The summed E-state index contributed by atoms with van der Waals surface area (Å²) >= 11 is 0. The zero-order valence-electron chi connectivity index (χ0n) is 11.8. The molecule has 0 aliphatic rings. The predicted octanol–water partition coefficient (Wildman–Crippen LogP) is 3.39. The number of benzene rings is 2. The quantitative estimate of drug-likeness (QED) is 0.904. The minimum Gasteiger partial charge on any atom is -0.480 e. The molecule has 2 rings (SSSR count). The van der Waals surface area contributed by atoms with E-state index in [4.69, 9.17) is 5.11 Å². The summed E-state index contributed by atoms with van der Waals surface area (Å²) in [4.78, 5) is 13.0. The Balaban J connectivity index is 2.26. The number of hydrogen-bond acceptors (Lipinski definition) is 2. The molecule has 0 saturated carbocycles. The van der Waals surface area contributed by atoms with Crippen molar-refractivity contribution in [2.24, 2.45) is 0 Å². The molecule has 0 heterocycles. The first kappa shape index (κ1) is 14.1. The summed E-state index contributed by atoms with van der Waals surface area (Å²) in [7, 11) is 0. The molecule has 0 bridgehead atoms. The molecular formula is C17H19NO2. The van der Waals surface area contributed by atoms with Crippen LogP contribution in [0.3, 0.4) is 0 Å². The standard InChI is InChI=1S/C17H19NO2/c1-13-5-3-7-15(9-13)11-18(12-17(19)20)16-8-4-6-14(2)10-16/h3-10H,11-12H2,1-2H3,(H,19,20). The van der Waals surface area contributed by atoms with Crippen LogP contribution in [-0.4, -0.2) is 17.6 Å². The SMILES string of the molecule is Cc1cccc(CN(CC(=O)O)c2cccc(C)c2)c1. The smallest absolute Gasteiger partial charge is 0.323 e. The third-order valence-corrected chi connectivity index (χ3v) is 3.15. The molecule has 104 valence electrons. The molecule has 1 N–H and O–H groups in total. The third kappa shape index (κ3) is 3.85. The van der Waals surface area contributed by atoms with Crippen LogP contribution in [0, 0.1) is 13.8 Å². The lowest BCUT2D eigenvalue weighted by molar-refractivity contribution is -0.135. The second kappa shape index (κ2) is 6.24. The summed E-state index contributed by atoms with van der Waals surface area (Å²) < 4.78 is 0. The Kier molecular flexibility index (Phi) is 4.41. The summed E-state index contributed by atoms with van der Waals surface area (Å²) in [6, 6.07) is 16.1. The van der Waals surface area contributed by atoms with Crippen molar-refractivity contribution >= 4 is 11.7 Å². The van der Waals surface area contributed by atoms with Crippen molar-refractivity contribution in [1.82, 2.24) is 0 Å². The molecule has 0 spiro atoms. The minimum absolute atomic E-state index is 0.00258. The van der Waals surface area contributed by atoms with Gasteiger partial charge < -0.3 is 10.0 Å². The van der Waals surface area contributed by atoms with E-state index in [9.17, 15) is 4.79 Å². The van der Waals surface area contributed by atoms with Gasteiger partial charge in [0.15, 0.2) is 0 Å². The Labute approximate surface area is 119 Å². The molecule has 0 aliphatic carbocycles. The van der Waals surface area contributed by atoms with Gasteiger partial charge in [0.1, 0.15) is 6.54 Å². The van der Waals surface area contributed by atoms with Crippen LogP contribution in [0.25, 0.3) is 0 Å². The van der Waals surface area contributed by atoms with Crippen LogP contribution in [-0.2, 0) is 11.3 Å². The lowest BCUT2D eigenvalue weighted by atomic mass is 10.1. The zero-order valence-corrected chi connectivity index (χ0v) is 11.8. The summed E-state index contributed by atoms with van der Waals surface area (Å²) in [5, 5.41) is 9.11. The van der Waals surface area contributed by atoms with Gasteiger partial charge in [0.25, 0.3) is 0 Å². The third-order valence-electron chi connectivity index (χ3n) is 3.15. The molecule has 20 heavy (non-hydrogen) atoms. The van der Waals surface area contributed by atoms with Gasteiger partial charge in [-0.05, 0) is 37.1 Å². The number of carboxylic acids is 1. The van der Waals surface area contributed by atoms with Crippen LogP contribution >= 0.6 is 0 Å². The molecule has 2 aromatic carbocycles. The van der Waals surface area contributed by atoms with Crippen molar-refractivity contribution in [3.8, 4) is 0 Å². The summed E-state index contributed by atoms with van der Waals surface area (Å²) in [5.41, 5.74) is 4.37. The van der Waals surface area contributed by atoms with Crippen LogP contribution < -0.4 is 4.90 Å². The molecule has 0 radical (unpaired) electrons. The molecule has 3 nitrogen and oxygen atoms in total. The maximum atomic E-state index is 11.1. The van der Waals surface area contributed by atoms with E-state index in [0.717, 1.165) is 16.8 Å². The van der Waals surface area contributed by atoms with Crippen molar-refractivity contribution in [2.75, 3.05) is 11.4 Å². The first-order valence-corrected chi connectivity index (χ1v) is 6.63. The van der Waals surface area contributed by atoms with Crippen molar-refractivity contribution in [3.05, 3.63) is 65.2 Å². The van der Waals surface area contributed by atoms with E-state index in [0.29, 0.717) is 6.54 Å². The van der Waals surface area contributed by atoms with Gasteiger partial charge in [-0.15, -0.1) is 0 Å². The van der Waals surface area contributed by atoms with Crippen molar-refractivity contribution < 1.29 is 9.90 Å². The fourth-order valence-electron chi connectivity index (χ4n) is 2.26. The van der Waals surface area contributed by atoms with E-state index in [1.54, 1.807) is 0 Å². The first-order chi connectivity index (χ1) is 9.54. The number of aryl methyl sites for hydroxylation is 2. The highest BCUT2D eigenvalue weighted by atomic mass is 16.4. The molecule has 0 amide bonds. The van der Waals surface area contributed by atoms with Gasteiger partial charge >= 0.3 is 5.97 Å². The van der Waals surface area contributed by atoms with E-state index < -0.39 is 5.97 Å². The maximum Gasteiger partial charge on any atom is 0.323 e. The molecule has 2 aromatic rings. The lowest BCUT2D eigenvalue weighted by Gasteiger charge is -2.23. The summed E-state index contributed by atoms with van der Waals surface area (Å²) in [5.74, 6) is -0.820. The number of carbonyl (C=O) groups is 1. The van der Waals surface area contributed by atoms with Gasteiger partial charge in [-0.25, -0.2) is 0 Å². The van der Waals surface area contributed by atoms with E-state index in [2.05, 4.69) is 6.07 Å². The number of carboxylic acid groups (broad SMARTS) is 1. The number of nitrogens with zero attached hydrogens (tertiary/aromatic N) is 1. The van der Waals surface area contributed by atoms with Gasteiger partial charge in [-0.2, -0.15) is 0 Å².